The molecule has 5 N–H and O–H groups in total. The molecular formula is C19H17FN6O. The maximum atomic E-state index is 13.2. The van der Waals surface area contributed by atoms with Crippen molar-refractivity contribution in [2.75, 3.05) is 12.3 Å². The Kier molecular flexibility index (Phi) is 4.29. The topological polar surface area (TPSA) is 112 Å². The largest absolute Gasteiger partial charge is 0.382 e. The summed E-state index contributed by atoms with van der Waals surface area (Å²) >= 11 is 0. The summed E-state index contributed by atoms with van der Waals surface area (Å²) in [6, 6.07) is 13.7. The Morgan fingerprint density at radius 1 is 1.19 bits per heavy atom. The molecule has 2 heterocycles. The Balaban J connectivity index is 1.45. The van der Waals surface area contributed by atoms with E-state index in [4.69, 9.17) is 5.73 Å². The second-order valence-corrected chi connectivity index (χ2v) is 6.08. The van der Waals surface area contributed by atoms with Gasteiger partial charge in [-0.3, -0.25) is 9.89 Å². The molecule has 0 spiro atoms. The predicted octanol–water partition coefficient (Wildman–Crippen LogP) is 2.65. The third-order valence-electron chi connectivity index (χ3n) is 4.22. The summed E-state index contributed by atoms with van der Waals surface area (Å²) in [7, 11) is 0. The number of imidazole rings is 1. The Morgan fingerprint density at radius 2 is 2.00 bits per heavy atom. The number of nitrogen functional groups attached to an aromatic ring is 1. The van der Waals surface area contributed by atoms with Crippen LogP contribution in [-0.4, -0.2) is 32.6 Å². The van der Waals surface area contributed by atoms with Gasteiger partial charge < -0.3 is 16.0 Å². The zero-order chi connectivity index (χ0) is 18.8. The van der Waals surface area contributed by atoms with E-state index in [0.717, 1.165) is 5.56 Å². The lowest BCUT2D eigenvalue weighted by Crippen LogP contribution is -2.26. The fourth-order valence-corrected chi connectivity index (χ4v) is 2.95. The van der Waals surface area contributed by atoms with Crippen LogP contribution in [0.2, 0.25) is 0 Å². The van der Waals surface area contributed by atoms with E-state index in [1.165, 1.54) is 12.1 Å². The van der Waals surface area contributed by atoms with E-state index in [1.54, 1.807) is 6.07 Å². The van der Waals surface area contributed by atoms with E-state index in [0.29, 0.717) is 41.1 Å². The normalized spacial score (nSPS) is 11.0. The first-order valence-electron chi connectivity index (χ1n) is 8.43. The number of carbonyl (C=O) groups excluding carboxylic acids is 1. The van der Waals surface area contributed by atoms with Crippen molar-refractivity contribution in [1.29, 1.82) is 0 Å². The van der Waals surface area contributed by atoms with Gasteiger partial charge in [-0.1, -0.05) is 30.3 Å². The number of hydrogen-bond donors (Lipinski definition) is 4. The van der Waals surface area contributed by atoms with Gasteiger partial charge in [-0.25, -0.2) is 9.37 Å². The van der Waals surface area contributed by atoms with Gasteiger partial charge >= 0.3 is 0 Å². The highest BCUT2D eigenvalue weighted by atomic mass is 19.1. The van der Waals surface area contributed by atoms with Crippen LogP contribution in [0.1, 0.15) is 16.3 Å². The number of H-pyrrole nitrogens is 2. The second kappa shape index (κ2) is 6.91. The summed E-state index contributed by atoms with van der Waals surface area (Å²) in [5, 5.41) is 9.48. The van der Waals surface area contributed by atoms with Gasteiger partial charge in [0.2, 0.25) is 0 Å². The van der Waals surface area contributed by atoms with Gasteiger partial charge in [0.1, 0.15) is 17.3 Å². The number of nitrogens with two attached hydrogens (primary N) is 1. The van der Waals surface area contributed by atoms with Crippen molar-refractivity contribution in [3.63, 3.8) is 0 Å². The van der Waals surface area contributed by atoms with Gasteiger partial charge in [0.15, 0.2) is 5.82 Å². The highest BCUT2D eigenvalue weighted by Crippen LogP contribution is 2.27. The van der Waals surface area contributed by atoms with E-state index >= 15 is 0 Å². The third kappa shape index (κ3) is 3.37. The van der Waals surface area contributed by atoms with E-state index in [2.05, 4.69) is 25.5 Å². The number of benzene rings is 2. The zero-order valence-corrected chi connectivity index (χ0v) is 14.3. The number of aromatic amines is 2. The van der Waals surface area contributed by atoms with Crippen molar-refractivity contribution < 1.29 is 9.18 Å². The molecular weight excluding hydrogens is 347 g/mol. The molecule has 0 aliphatic carbocycles. The van der Waals surface area contributed by atoms with Crippen LogP contribution in [0.15, 0.2) is 48.5 Å². The highest BCUT2D eigenvalue weighted by Gasteiger charge is 2.19. The molecule has 4 rings (SSSR count). The van der Waals surface area contributed by atoms with Crippen molar-refractivity contribution in [3.8, 4) is 11.1 Å². The number of halogens is 1. The standard InChI is InChI=1S/C19H17FN6O/c20-12-6-7-13-14(10-12)24-15(23-13)8-9-22-19(27)17-16(18(21)26-25-17)11-4-2-1-3-5-11/h1-7,10H,8-9H2,(H,22,27)(H,23,24)(H3,21,25,26). The van der Waals surface area contributed by atoms with Gasteiger partial charge in [0.25, 0.3) is 5.91 Å². The molecule has 136 valence electrons. The van der Waals surface area contributed by atoms with Crippen LogP contribution in [-0.2, 0) is 6.42 Å². The van der Waals surface area contributed by atoms with Crippen LogP contribution in [0, 0.1) is 5.82 Å². The molecule has 0 atom stereocenters. The SMILES string of the molecule is Nc1n[nH]c(C(=O)NCCc2nc3ccc(F)cc3[nH]2)c1-c1ccccc1. The maximum absolute atomic E-state index is 13.2. The van der Waals surface area contributed by atoms with Crippen LogP contribution < -0.4 is 11.1 Å². The number of rotatable bonds is 5. The first kappa shape index (κ1) is 16.8. The summed E-state index contributed by atoms with van der Waals surface area (Å²) in [6.07, 6.45) is 0.479. The Hall–Kier alpha value is -3.68. The minimum atomic E-state index is -0.323. The summed E-state index contributed by atoms with van der Waals surface area (Å²) < 4.78 is 13.2. The molecule has 1 amide bonds. The first-order chi connectivity index (χ1) is 13.1. The maximum Gasteiger partial charge on any atom is 0.270 e. The lowest BCUT2D eigenvalue weighted by atomic mass is 10.1. The lowest BCUT2D eigenvalue weighted by molar-refractivity contribution is 0.0949. The van der Waals surface area contributed by atoms with Gasteiger partial charge in [-0.2, -0.15) is 5.10 Å². The summed E-state index contributed by atoms with van der Waals surface area (Å²) in [4.78, 5) is 20.0. The lowest BCUT2D eigenvalue weighted by Gasteiger charge is -2.06. The van der Waals surface area contributed by atoms with Crippen molar-refractivity contribution in [2.24, 2.45) is 0 Å². The van der Waals surface area contributed by atoms with Gasteiger partial charge in [-0.15, -0.1) is 0 Å². The molecule has 0 saturated heterocycles. The van der Waals surface area contributed by atoms with E-state index in [1.807, 2.05) is 30.3 Å². The van der Waals surface area contributed by atoms with Crippen LogP contribution in [0.4, 0.5) is 10.2 Å². The van der Waals surface area contributed by atoms with Crippen LogP contribution >= 0.6 is 0 Å². The van der Waals surface area contributed by atoms with Crippen molar-refractivity contribution >= 4 is 22.8 Å². The average Bonchev–Trinajstić information content (AvgIpc) is 3.25. The van der Waals surface area contributed by atoms with Crippen LogP contribution in [0.25, 0.3) is 22.2 Å². The first-order valence-corrected chi connectivity index (χ1v) is 8.43. The molecule has 0 saturated carbocycles. The third-order valence-corrected chi connectivity index (χ3v) is 4.22. The van der Waals surface area contributed by atoms with Crippen molar-refractivity contribution in [3.05, 3.63) is 65.9 Å². The number of nitrogens with zero attached hydrogens (tertiary/aromatic N) is 2. The number of anilines is 1. The number of aromatic nitrogens is 4. The van der Waals surface area contributed by atoms with Gasteiger partial charge in [-0.05, 0) is 23.8 Å². The van der Waals surface area contributed by atoms with E-state index in [-0.39, 0.29) is 17.5 Å². The zero-order valence-electron chi connectivity index (χ0n) is 14.3. The van der Waals surface area contributed by atoms with Gasteiger partial charge in [0, 0.05) is 13.0 Å². The van der Waals surface area contributed by atoms with Gasteiger partial charge in [0.05, 0.1) is 16.6 Å². The molecule has 2 aromatic heterocycles. The fourth-order valence-electron chi connectivity index (χ4n) is 2.95. The molecule has 0 fully saturated rings. The molecule has 4 aromatic rings. The molecule has 2 aromatic carbocycles. The molecule has 7 nitrogen and oxygen atoms in total. The Labute approximate surface area is 153 Å². The smallest absolute Gasteiger partial charge is 0.270 e. The van der Waals surface area contributed by atoms with Crippen molar-refractivity contribution in [2.45, 2.75) is 6.42 Å². The summed E-state index contributed by atoms with van der Waals surface area (Å²) in [6.45, 7) is 0.355. The number of nitrogens with one attached hydrogen (secondary N) is 3. The van der Waals surface area contributed by atoms with Crippen LogP contribution in [0.5, 0.6) is 0 Å². The number of carbonyl (C=O) groups is 1. The minimum absolute atomic E-state index is 0.269. The number of hydrogen-bond acceptors (Lipinski definition) is 4. The minimum Gasteiger partial charge on any atom is -0.382 e. The Morgan fingerprint density at radius 3 is 2.81 bits per heavy atom. The average molecular weight is 364 g/mol. The predicted molar refractivity (Wildman–Crippen MR) is 101 cm³/mol. The molecule has 0 bridgehead atoms. The van der Waals surface area contributed by atoms with Crippen molar-refractivity contribution in [1.82, 2.24) is 25.5 Å². The molecule has 8 heteroatoms. The summed E-state index contributed by atoms with van der Waals surface area (Å²) in [5.41, 5.74) is 8.93. The fraction of sp³-hybridized carbons (Fsp3) is 0.105. The molecule has 0 radical (unpaired) electrons. The number of amides is 1. The molecule has 0 aliphatic heterocycles. The quantitative estimate of drug-likeness (QED) is 0.436. The molecule has 0 aliphatic rings. The monoisotopic (exact) mass is 364 g/mol. The Bertz CT molecular complexity index is 1100. The highest BCUT2D eigenvalue weighted by molar-refractivity contribution is 6.01. The van der Waals surface area contributed by atoms with Crippen LogP contribution in [0.3, 0.4) is 0 Å². The number of fused-ring (bicyclic) bond motifs is 1. The second-order valence-electron chi connectivity index (χ2n) is 6.08. The van der Waals surface area contributed by atoms with E-state index in [9.17, 15) is 9.18 Å². The molecule has 27 heavy (non-hydrogen) atoms. The molecule has 0 unspecified atom stereocenters. The summed E-state index contributed by atoms with van der Waals surface area (Å²) in [5.74, 6) is 0.311. The van der Waals surface area contributed by atoms with E-state index < -0.39 is 0 Å².